The van der Waals surface area contributed by atoms with E-state index < -0.39 is 26.9 Å². The SMILES string of the molecule is CCn1cc(C2CS(=O)(=O)CCN2Cc2ccsc2C(F)(F)F)cn1. The second kappa shape index (κ2) is 6.73. The quantitative estimate of drug-likeness (QED) is 0.802. The Labute approximate surface area is 148 Å². The molecule has 0 radical (unpaired) electrons. The van der Waals surface area contributed by atoms with Crippen molar-refractivity contribution in [1.82, 2.24) is 14.7 Å². The Balaban J connectivity index is 1.89. The van der Waals surface area contributed by atoms with Gasteiger partial charge >= 0.3 is 6.18 Å². The number of sulfone groups is 1. The predicted octanol–water partition coefficient (Wildman–Crippen LogP) is 2.96. The van der Waals surface area contributed by atoms with E-state index in [1.54, 1.807) is 22.0 Å². The molecule has 0 aliphatic carbocycles. The fourth-order valence-electron chi connectivity index (χ4n) is 2.99. The number of hydrogen-bond donors (Lipinski definition) is 0. The normalized spacial score (nSPS) is 21.5. The highest BCUT2D eigenvalue weighted by molar-refractivity contribution is 7.91. The van der Waals surface area contributed by atoms with E-state index in [1.165, 1.54) is 11.4 Å². The Morgan fingerprint density at radius 2 is 2.16 bits per heavy atom. The van der Waals surface area contributed by atoms with E-state index in [2.05, 4.69) is 5.10 Å². The molecule has 3 heterocycles. The lowest BCUT2D eigenvalue weighted by molar-refractivity contribution is -0.135. The first kappa shape index (κ1) is 18.4. The number of alkyl halides is 3. The third-order valence-corrected chi connectivity index (χ3v) is 6.91. The van der Waals surface area contributed by atoms with Crippen LogP contribution < -0.4 is 0 Å². The summed E-state index contributed by atoms with van der Waals surface area (Å²) in [6, 6.07) is 0.975. The second-order valence-electron chi connectivity index (χ2n) is 6.00. The first-order chi connectivity index (χ1) is 11.7. The lowest BCUT2D eigenvalue weighted by Gasteiger charge is -2.35. The highest BCUT2D eigenvalue weighted by atomic mass is 32.2. The standard InChI is InChI=1S/C15H18F3N3O2S2/c1-2-21-9-12(7-19-21)13-10-25(22,23)6-4-20(13)8-11-3-5-24-14(11)15(16,17)18/h3,5,7,9,13H,2,4,6,8,10H2,1H3. The predicted molar refractivity (Wildman–Crippen MR) is 89.0 cm³/mol. The van der Waals surface area contributed by atoms with Gasteiger partial charge in [0.1, 0.15) is 4.88 Å². The molecule has 138 valence electrons. The zero-order valence-electron chi connectivity index (χ0n) is 13.5. The number of thiophene rings is 1. The largest absolute Gasteiger partial charge is 0.425 e. The molecular formula is C15H18F3N3O2S2. The molecule has 1 unspecified atom stereocenters. The van der Waals surface area contributed by atoms with Crippen LogP contribution in [0.1, 0.15) is 29.0 Å². The molecule has 2 aromatic rings. The van der Waals surface area contributed by atoms with Crippen LogP contribution in [0.5, 0.6) is 0 Å². The minimum absolute atomic E-state index is 0.0447. The van der Waals surface area contributed by atoms with Crippen molar-refractivity contribution in [2.75, 3.05) is 18.1 Å². The van der Waals surface area contributed by atoms with Crippen molar-refractivity contribution < 1.29 is 21.6 Å². The molecule has 1 aliphatic heterocycles. The minimum atomic E-state index is -4.39. The molecule has 1 atom stereocenters. The topological polar surface area (TPSA) is 55.2 Å². The maximum atomic E-state index is 13.1. The van der Waals surface area contributed by atoms with Crippen LogP contribution >= 0.6 is 11.3 Å². The van der Waals surface area contributed by atoms with Gasteiger partial charge in [-0.15, -0.1) is 11.3 Å². The van der Waals surface area contributed by atoms with Gasteiger partial charge in [0.05, 0.1) is 23.7 Å². The van der Waals surface area contributed by atoms with Crippen LogP contribution in [-0.4, -0.2) is 41.1 Å². The van der Waals surface area contributed by atoms with Crippen molar-refractivity contribution in [2.45, 2.75) is 32.2 Å². The Morgan fingerprint density at radius 1 is 1.40 bits per heavy atom. The van der Waals surface area contributed by atoms with Crippen LogP contribution in [0.2, 0.25) is 0 Å². The van der Waals surface area contributed by atoms with E-state index in [0.717, 1.165) is 0 Å². The highest BCUT2D eigenvalue weighted by Crippen LogP contribution is 2.38. The number of hydrogen-bond acceptors (Lipinski definition) is 5. The van der Waals surface area contributed by atoms with Gasteiger partial charge in [0.2, 0.25) is 0 Å². The Bertz CT molecular complexity index is 842. The average Bonchev–Trinajstić information content (AvgIpc) is 3.17. The zero-order chi connectivity index (χ0) is 18.2. The van der Waals surface area contributed by atoms with E-state index >= 15 is 0 Å². The van der Waals surface area contributed by atoms with Gasteiger partial charge in [0.25, 0.3) is 0 Å². The first-order valence-corrected chi connectivity index (χ1v) is 10.5. The molecule has 25 heavy (non-hydrogen) atoms. The summed E-state index contributed by atoms with van der Waals surface area (Å²) in [5, 5.41) is 5.58. The van der Waals surface area contributed by atoms with Crippen LogP contribution in [0.15, 0.2) is 23.8 Å². The number of aromatic nitrogens is 2. The molecule has 10 heteroatoms. The molecule has 0 amide bonds. The minimum Gasteiger partial charge on any atom is -0.290 e. The Kier molecular flexibility index (Phi) is 4.95. The van der Waals surface area contributed by atoms with E-state index in [4.69, 9.17) is 0 Å². The third kappa shape index (κ3) is 4.06. The van der Waals surface area contributed by atoms with Crippen molar-refractivity contribution in [1.29, 1.82) is 0 Å². The van der Waals surface area contributed by atoms with Crippen LogP contribution in [-0.2, 0) is 29.1 Å². The van der Waals surface area contributed by atoms with E-state index in [-0.39, 0.29) is 30.2 Å². The summed E-state index contributed by atoms with van der Waals surface area (Å²) in [5.74, 6) is -0.148. The fraction of sp³-hybridized carbons (Fsp3) is 0.533. The van der Waals surface area contributed by atoms with Gasteiger partial charge in [0, 0.05) is 31.4 Å². The molecule has 2 aromatic heterocycles. The lowest BCUT2D eigenvalue weighted by Crippen LogP contribution is -2.42. The lowest BCUT2D eigenvalue weighted by atomic mass is 10.1. The third-order valence-electron chi connectivity index (χ3n) is 4.28. The van der Waals surface area contributed by atoms with Gasteiger partial charge in [0.15, 0.2) is 9.84 Å². The number of rotatable bonds is 4. The molecule has 0 bridgehead atoms. The summed E-state index contributed by atoms with van der Waals surface area (Å²) >= 11 is 0.663. The molecule has 0 N–H and O–H groups in total. The molecule has 1 saturated heterocycles. The Hall–Kier alpha value is -1.39. The van der Waals surface area contributed by atoms with E-state index in [1.807, 2.05) is 6.92 Å². The molecule has 0 aromatic carbocycles. The van der Waals surface area contributed by atoms with E-state index in [0.29, 0.717) is 23.4 Å². The number of aryl methyl sites for hydroxylation is 1. The smallest absolute Gasteiger partial charge is 0.290 e. The van der Waals surface area contributed by atoms with Gasteiger partial charge in [-0.3, -0.25) is 9.58 Å². The molecular weight excluding hydrogens is 375 g/mol. The van der Waals surface area contributed by atoms with Gasteiger partial charge < -0.3 is 0 Å². The maximum Gasteiger partial charge on any atom is 0.425 e. The summed E-state index contributed by atoms with van der Waals surface area (Å²) in [6.45, 7) is 2.82. The molecule has 0 spiro atoms. The summed E-state index contributed by atoms with van der Waals surface area (Å²) in [5.41, 5.74) is 0.901. The number of nitrogens with zero attached hydrogens (tertiary/aromatic N) is 3. The van der Waals surface area contributed by atoms with Crippen LogP contribution in [0.4, 0.5) is 13.2 Å². The monoisotopic (exact) mass is 393 g/mol. The maximum absolute atomic E-state index is 13.1. The highest BCUT2D eigenvalue weighted by Gasteiger charge is 2.38. The average molecular weight is 393 g/mol. The number of halogens is 3. The summed E-state index contributed by atoms with van der Waals surface area (Å²) in [7, 11) is -3.23. The van der Waals surface area contributed by atoms with Crippen molar-refractivity contribution in [3.63, 3.8) is 0 Å². The van der Waals surface area contributed by atoms with Crippen molar-refractivity contribution in [3.05, 3.63) is 39.8 Å². The summed E-state index contributed by atoms with van der Waals surface area (Å²) < 4.78 is 65.1. The molecule has 3 rings (SSSR count). The molecule has 1 fully saturated rings. The Morgan fingerprint density at radius 3 is 2.80 bits per heavy atom. The van der Waals surface area contributed by atoms with E-state index in [9.17, 15) is 21.6 Å². The first-order valence-electron chi connectivity index (χ1n) is 7.80. The van der Waals surface area contributed by atoms with Gasteiger partial charge in [-0.25, -0.2) is 8.42 Å². The summed E-state index contributed by atoms with van der Waals surface area (Å²) in [6.07, 6.45) is -1.04. The summed E-state index contributed by atoms with van der Waals surface area (Å²) in [4.78, 5) is 1.18. The molecule has 1 aliphatic rings. The van der Waals surface area contributed by atoms with Crippen molar-refractivity contribution in [3.8, 4) is 0 Å². The molecule has 0 saturated carbocycles. The van der Waals surface area contributed by atoms with Crippen LogP contribution in [0.3, 0.4) is 0 Å². The van der Waals surface area contributed by atoms with Gasteiger partial charge in [-0.05, 0) is 23.9 Å². The van der Waals surface area contributed by atoms with Gasteiger partial charge in [-0.1, -0.05) is 0 Å². The fourth-order valence-corrected chi connectivity index (χ4v) is 5.34. The second-order valence-corrected chi connectivity index (χ2v) is 9.15. The van der Waals surface area contributed by atoms with Gasteiger partial charge in [-0.2, -0.15) is 18.3 Å². The van der Waals surface area contributed by atoms with Crippen LogP contribution in [0.25, 0.3) is 0 Å². The van der Waals surface area contributed by atoms with Crippen LogP contribution in [0, 0.1) is 0 Å². The zero-order valence-corrected chi connectivity index (χ0v) is 15.2. The molecule has 5 nitrogen and oxygen atoms in total. The van der Waals surface area contributed by atoms with Crippen molar-refractivity contribution >= 4 is 21.2 Å². The van der Waals surface area contributed by atoms with Crippen molar-refractivity contribution in [2.24, 2.45) is 0 Å².